The minimum atomic E-state index is -1.66. The maximum atomic E-state index is 13.8. The van der Waals surface area contributed by atoms with Crippen molar-refractivity contribution in [2.24, 2.45) is 5.92 Å². The lowest BCUT2D eigenvalue weighted by Gasteiger charge is -2.35. The quantitative estimate of drug-likeness (QED) is 0.595. The number of nitrogens with zero attached hydrogens (tertiary/aromatic N) is 3. The maximum Gasteiger partial charge on any atom is 0.410 e. The van der Waals surface area contributed by atoms with Gasteiger partial charge in [0, 0.05) is 26.7 Å². The first kappa shape index (κ1) is 20.3. The van der Waals surface area contributed by atoms with Crippen molar-refractivity contribution in [3.05, 3.63) is 23.5 Å². The molecule has 5 nitrogen and oxygen atoms in total. The monoisotopic (exact) mass is 377 g/mol. The van der Waals surface area contributed by atoms with E-state index in [1.807, 2.05) is 0 Å². The zero-order chi connectivity index (χ0) is 19.6. The Kier molecular flexibility index (Phi) is 5.98. The summed E-state index contributed by atoms with van der Waals surface area (Å²) in [5.74, 6) is -6.22. The SMILES string of the molecule is CN(CC1CCN(c2c(F)c(F)nc(F)c2F)CC1)C(=O)OC(C)(C)C. The molecule has 1 aromatic heterocycles. The third-order valence-electron chi connectivity index (χ3n) is 4.14. The molecule has 2 rings (SSSR count). The number of hydrogen-bond acceptors (Lipinski definition) is 4. The molecule has 0 saturated carbocycles. The van der Waals surface area contributed by atoms with Gasteiger partial charge in [-0.05, 0) is 39.5 Å². The standard InChI is InChI=1S/C17H23F4N3O2/c1-17(2,3)26-16(25)23(4)9-10-5-7-24(8-6-10)13-11(18)14(20)22-15(21)12(13)19/h10H,5-9H2,1-4H3. The molecule has 0 spiro atoms. The second kappa shape index (κ2) is 7.67. The third-order valence-corrected chi connectivity index (χ3v) is 4.14. The minimum absolute atomic E-state index is 0.0893. The summed E-state index contributed by atoms with van der Waals surface area (Å²) < 4.78 is 59.5. The van der Waals surface area contributed by atoms with Crippen LogP contribution in [0.4, 0.5) is 28.0 Å². The minimum Gasteiger partial charge on any atom is -0.444 e. The van der Waals surface area contributed by atoms with E-state index in [4.69, 9.17) is 4.74 Å². The Hall–Kier alpha value is -2.06. The summed E-state index contributed by atoms with van der Waals surface area (Å²) >= 11 is 0. The summed E-state index contributed by atoms with van der Waals surface area (Å²) in [7, 11) is 1.62. The molecule has 0 N–H and O–H groups in total. The molecule has 1 fully saturated rings. The normalized spacial score (nSPS) is 15.9. The molecule has 1 aromatic rings. The second-order valence-electron chi connectivity index (χ2n) is 7.46. The van der Waals surface area contributed by atoms with Gasteiger partial charge >= 0.3 is 6.09 Å². The third kappa shape index (κ3) is 4.76. The van der Waals surface area contributed by atoms with Gasteiger partial charge in [-0.15, -0.1) is 0 Å². The molecule has 0 radical (unpaired) electrons. The van der Waals surface area contributed by atoms with Crippen LogP contribution in [0.15, 0.2) is 0 Å². The van der Waals surface area contributed by atoms with Crippen LogP contribution in [0, 0.1) is 29.4 Å². The second-order valence-corrected chi connectivity index (χ2v) is 7.46. The molecular formula is C17H23F4N3O2. The number of aromatic nitrogens is 1. The summed E-state index contributed by atoms with van der Waals surface area (Å²) in [5.41, 5.74) is -1.33. The number of hydrogen-bond donors (Lipinski definition) is 0. The molecular weight excluding hydrogens is 354 g/mol. The van der Waals surface area contributed by atoms with Crippen LogP contribution in [0.1, 0.15) is 33.6 Å². The van der Waals surface area contributed by atoms with Crippen LogP contribution < -0.4 is 4.90 Å². The van der Waals surface area contributed by atoms with Crippen LogP contribution in [-0.4, -0.2) is 48.3 Å². The van der Waals surface area contributed by atoms with E-state index in [1.54, 1.807) is 27.8 Å². The lowest BCUT2D eigenvalue weighted by atomic mass is 9.96. The number of halogens is 4. The summed E-state index contributed by atoms with van der Waals surface area (Å²) in [5, 5.41) is 0. The highest BCUT2D eigenvalue weighted by Gasteiger charge is 2.30. The Morgan fingerprint density at radius 3 is 2.12 bits per heavy atom. The molecule has 0 atom stereocenters. The molecule has 0 bridgehead atoms. The highest BCUT2D eigenvalue weighted by Crippen LogP contribution is 2.30. The van der Waals surface area contributed by atoms with Gasteiger partial charge in [0.05, 0.1) is 0 Å². The van der Waals surface area contributed by atoms with Crippen molar-refractivity contribution in [2.75, 3.05) is 31.6 Å². The smallest absolute Gasteiger partial charge is 0.410 e. The van der Waals surface area contributed by atoms with Crippen molar-refractivity contribution >= 4 is 11.8 Å². The molecule has 1 amide bonds. The fourth-order valence-corrected chi connectivity index (χ4v) is 2.89. The molecule has 0 unspecified atom stereocenters. The molecule has 2 heterocycles. The first-order chi connectivity index (χ1) is 12.0. The molecule has 0 aromatic carbocycles. The summed E-state index contributed by atoms with van der Waals surface area (Å²) in [4.78, 5) is 17.3. The lowest BCUT2D eigenvalue weighted by molar-refractivity contribution is 0.0266. The number of piperidine rings is 1. The summed E-state index contributed by atoms with van der Waals surface area (Å²) in [6.45, 7) is 6.16. The predicted octanol–water partition coefficient (Wildman–Crippen LogP) is 3.72. The number of anilines is 1. The van der Waals surface area contributed by atoms with Crippen LogP contribution in [-0.2, 0) is 4.74 Å². The maximum absolute atomic E-state index is 13.8. The topological polar surface area (TPSA) is 45.7 Å². The number of carbonyl (C=O) groups excluding carboxylic acids is 1. The van der Waals surface area contributed by atoms with E-state index in [1.165, 1.54) is 9.80 Å². The van der Waals surface area contributed by atoms with Gasteiger partial charge in [0.15, 0.2) is 0 Å². The molecule has 1 aliphatic heterocycles. The van der Waals surface area contributed by atoms with Crippen molar-refractivity contribution in [3.8, 4) is 0 Å². The molecule has 9 heteroatoms. The van der Waals surface area contributed by atoms with E-state index in [2.05, 4.69) is 4.98 Å². The summed E-state index contributed by atoms with van der Waals surface area (Å²) in [6, 6.07) is 0. The average molecular weight is 377 g/mol. The molecule has 1 saturated heterocycles. The van der Waals surface area contributed by atoms with Gasteiger partial charge in [-0.1, -0.05) is 0 Å². The average Bonchev–Trinajstić information content (AvgIpc) is 2.53. The van der Waals surface area contributed by atoms with Crippen LogP contribution in [0.5, 0.6) is 0 Å². The molecule has 146 valence electrons. The van der Waals surface area contributed by atoms with Gasteiger partial charge in [0.1, 0.15) is 11.3 Å². The van der Waals surface area contributed by atoms with E-state index in [-0.39, 0.29) is 19.0 Å². The van der Waals surface area contributed by atoms with Crippen molar-refractivity contribution in [1.29, 1.82) is 0 Å². The zero-order valence-corrected chi connectivity index (χ0v) is 15.3. The van der Waals surface area contributed by atoms with Gasteiger partial charge in [0.2, 0.25) is 11.6 Å². The Balaban J connectivity index is 1.97. The van der Waals surface area contributed by atoms with Gasteiger partial charge in [-0.3, -0.25) is 0 Å². The predicted molar refractivity (Wildman–Crippen MR) is 87.9 cm³/mol. The first-order valence-corrected chi connectivity index (χ1v) is 8.38. The van der Waals surface area contributed by atoms with E-state index < -0.39 is 40.9 Å². The summed E-state index contributed by atoms with van der Waals surface area (Å²) in [6.07, 6.45) is 0.574. The molecule has 0 aliphatic carbocycles. The van der Waals surface area contributed by atoms with Crippen molar-refractivity contribution in [2.45, 2.75) is 39.2 Å². The Morgan fingerprint density at radius 2 is 1.65 bits per heavy atom. The zero-order valence-electron chi connectivity index (χ0n) is 15.3. The van der Waals surface area contributed by atoms with Crippen molar-refractivity contribution in [3.63, 3.8) is 0 Å². The molecule has 26 heavy (non-hydrogen) atoms. The van der Waals surface area contributed by atoms with Gasteiger partial charge in [0.25, 0.3) is 11.9 Å². The van der Waals surface area contributed by atoms with Crippen LogP contribution in [0.25, 0.3) is 0 Å². The first-order valence-electron chi connectivity index (χ1n) is 8.38. The Bertz CT molecular complexity index is 645. The largest absolute Gasteiger partial charge is 0.444 e. The fourth-order valence-electron chi connectivity index (χ4n) is 2.89. The van der Waals surface area contributed by atoms with E-state index >= 15 is 0 Å². The van der Waals surface area contributed by atoms with Crippen LogP contribution >= 0.6 is 0 Å². The highest BCUT2D eigenvalue weighted by atomic mass is 19.2. The number of pyridine rings is 1. The van der Waals surface area contributed by atoms with Gasteiger partial charge in [-0.2, -0.15) is 22.5 Å². The van der Waals surface area contributed by atoms with Crippen molar-refractivity contribution < 1.29 is 27.1 Å². The number of carbonyl (C=O) groups is 1. The van der Waals surface area contributed by atoms with Crippen molar-refractivity contribution in [1.82, 2.24) is 9.88 Å². The Labute approximate surface area is 149 Å². The van der Waals surface area contributed by atoms with E-state index in [9.17, 15) is 22.4 Å². The van der Waals surface area contributed by atoms with E-state index in [0.29, 0.717) is 19.4 Å². The van der Waals surface area contributed by atoms with Crippen LogP contribution in [0.2, 0.25) is 0 Å². The van der Waals surface area contributed by atoms with Crippen LogP contribution in [0.3, 0.4) is 0 Å². The Morgan fingerprint density at radius 1 is 1.15 bits per heavy atom. The number of amides is 1. The number of rotatable bonds is 3. The lowest BCUT2D eigenvalue weighted by Crippen LogP contribution is -2.41. The van der Waals surface area contributed by atoms with Gasteiger partial charge in [-0.25, -0.2) is 4.79 Å². The molecule has 1 aliphatic rings. The number of ether oxygens (including phenoxy) is 1. The van der Waals surface area contributed by atoms with Gasteiger partial charge < -0.3 is 14.5 Å². The van der Waals surface area contributed by atoms with E-state index in [0.717, 1.165) is 0 Å². The fraction of sp³-hybridized carbons (Fsp3) is 0.647. The highest BCUT2D eigenvalue weighted by molar-refractivity contribution is 5.67.